The molecule has 0 amide bonds. The highest BCUT2D eigenvalue weighted by atomic mass is 16.5. The quantitative estimate of drug-likeness (QED) is 0.777. The number of benzene rings is 1. The molecule has 0 aliphatic heterocycles. The topological polar surface area (TPSA) is 89.1 Å². The van der Waals surface area contributed by atoms with Gasteiger partial charge in [-0.3, -0.25) is 4.98 Å². The fourth-order valence-corrected chi connectivity index (χ4v) is 2.43. The minimum Gasteiger partial charge on any atom is -0.478 e. The van der Waals surface area contributed by atoms with Gasteiger partial charge in [0.05, 0.1) is 11.5 Å². The van der Waals surface area contributed by atoms with E-state index in [9.17, 15) is 4.79 Å². The molecule has 6 heteroatoms. The van der Waals surface area contributed by atoms with Crippen LogP contribution in [0.1, 0.15) is 41.1 Å². The fraction of sp³-hybridized carbons (Fsp3) is 0.176. The molecule has 116 valence electrons. The molecule has 3 aromatic rings. The molecule has 1 N–H and O–H groups in total. The van der Waals surface area contributed by atoms with Gasteiger partial charge in [0.15, 0.2) is 0 Å². The summed E-state index contributed by atoms with van der Waals surface area (Å²) in [6.07, 6.45) is 4.26. The second kappa shape index (κ2) is 6.39. The third kappa shape index (κ3) is 3.11. The Hall–Kier alpha value is -3.02. The SMILES string of the molecule is CCC(c1ccncc1)c1nc(-c2cccc(C(=O)O)c2)no1. The summed E-state index contributed by atoms with van der Waals surface area (Å²) in [5, 5.41) is 13.1. The third-order valence-electron chi connectivity index (χ3n) is 3.62. The smallest absolute Gasteiger partial charge is 0.335 e. The van der Waals surface area contributed by atoms with Crippen molar-refractivity contribution in [2.45, 2.75) is 19.3 Å². The highest BCUT2D eigenvalue weighted by Gasteiger charge is 2.20. The Morgan fingerprint density at radius 3 is 2.74 bits per heavy atom. The van der Waals surface area contributed by atoms with Gasteiger partial charge < -0.3 is 9.63 Å². The summed E-state index contributed by atoms with van der Waals surface area (Å²) in [7, 11) is 0. The molecule has 0 aliphatic rings. The number of pyridine rings is 1. The van der Waals surface area contributed by atoms with Crippen molar-refractivity contribution in [3.63, 3.8) is 0 Å². The van der Waals surface area contributed by atoms with E-state index in [1.54, 1.807) is 24.5 Å². The van der Waals surface area contributed by atoms with E-state index < -0.39 is 5.97 Å². The zero-order chi connectivity index (χ0) is 16.2. The molecule has 0 radical (unpaired) electrons. The van der Waals surface area contributed by atoms with Gasteiger partial charge in [-0.25, -0.2) is 4.79 Å². The maximum atomic E-state index is 11.1. The second-order valence-corrected chi connectivity index (χ2v) is 5.08. The van der Waals surface area contributed by atoms with Crippen LogP contribution in [0.25, 0.3) is 11.4 Å². The minimum atomic E-state index is -0.987. The zero-order valence-electron chi connectivity index (χ0n) is 12.5. The van der Waals surface area contributed by atoms with Crippen LogP contribution in [0, 0.1) is 0 Å². The van der Waals surface area contributed by atoms with Crippen molar-refractivity contribution in [1.29, 1.82) is 0 Å². The molecule has 0 bridgehead atoms. The first kappa shape index (κ1) is 14.9. The van der Waals surface area contributed by atoms with Crippen LogP contribution < -0.4 is 0 Å². The Balaban J connectivity index is 1.94. The molecule has 0 fully saturated rings. The first-order chi connectivity index (χ1) is 11.2. The Kier molecular flexibility index (Phi) is 4.14. The van der Waals surface area contributed by atoms with Gasteiger partial charge in [-0.2, -0.15) is 4.98 Å². The van der Waals surface area contributed by atoms with Crippen molar-refractivity contribution in [3.05, 3.63) is 65.8 Å². The van der Waals surface area contributed by atoms with Crippen LogP contribution in [-0.2, 0) is 0 Å². The summed E-state index contributed by atoms with van der Waals surface area (Å²) < 4.78 is 5.40. The Morgan fingerprint density at radius 1 is 1.26 bits per heavy atom. The number of rotatable bonds is 5. The monoisotopic (exact) mass is 309 g/mol. The normalized spacial score (nSPS) is 12.0. The first-order valence-corrected chi connectivity index (χ1v) is 7.26. The largest absolute Gasteiger partial charge is 0.478 e. The lowest BCUT2D eigenvalue weighted by molar-refractivity contribution is 0.0697. The van der Waals surface area contributed by atoms with E-state index in [4.69, 9.17) is 9.63 Å². The number of hydrogen-bond donors (Lipinski definition) is 1. The number of nitrogens with zero attached hydrogens (tertiary/aromatic N) is 3. The number of carboxylic acid groups (broad SMARTS) is 1. The molecule has 0 aliphatic carbocycles. The molecule has 1 aromatic carbocycles. The molecule has 2 aromatic heterocycles. The van der Waals surface area contributed by atoms with Gasteiger partial charge in [0, 0.05) is 18.0 Å². The summed E-state index contributed by atoms with van der Waals surface area (Å²) in [5.41, 5.74) is 1.86. The van der Waals surface area contributed by atoms with E-state index in [0.717, 1.165) is 12.0 Å². The van der Waals surface area contributed by atoms with Crippen molar-refractivity contribution in [1.82, 2.24) is 15.1 Å². The van der Waals surface area contributed by atoms with Crippen LogP contribution in [0.2, 0.25) is 0 Å². The van der Waals surface area contributed by atoms with Crippen LogP contribution in [0.5, 0.6) is 0 Å². The number of carboxylic acids is 1. The summed E-state index contributed by atoms with van der Waals surface area (Å²) in [6.45, 7) is 2.04. The molecule has 6 nitrogen and oxygen atoms in total. The number of hydrogen-bond acceptors (Lipinski definition) is 5. The van der Waals surface area contributed by atoms with Gasteiger partial charge in [-0.1, -0.05) is 24.2 Å². The third-order valence-corrected chi connectivity index (χ3v) is 3.62. The lowest BCUT2D eigenvalue weighted by atomic mass is 9.97. The fourth-order valence-electron chi connectivity index (χ4n) is 2.43. The zero-order valence-corrected chi connectivity index (χ0v) is 12.5. The minimum absolute atomic E-state index is 0.0121. The van der Waals surface area contributed by atoms with Crippen LogP contribution in [-0.4, -0.2) is 26.2 Å². The lowest BCUT2D eigenvalue weighted by Crippen LogP contribution is -2.00. The summed E-state index contributed by atoms with van der Waals surface area (Å²) in [4.78, 5) is 19.5. The van der Waals surface area contributed by atoms with E-state index in [2.05, 4.69) is 15.1 Å². The molecule has 23 heavy (non-hydrogen) atoms. The molecule has 2 heterocycles. The van der Waals surface area contributed by atoms with Crippen LogP contribution in [0.3, 0.4) is 0 Å². The summed E-state index contributed by atoms with van der Waals surface area (Å²) in [6, 6.07) is 10.3. The second-order valence-electron chi connectivity index (χ2n) is 5.08. The van der Waals surface area contributed by atoms with Gasteiger partial charge >= 0.3 is 5.97 Å². The average Bonchev–Trinajstić information content (AvgIpc) is 3.06. The standard InChI is InChI=1S/C17H15N3O3/c1-2-14(11-6-8-18-9-7-11)16-19-15(20-23-16)12-4-3-5-13(10-12)17(21)22/h3-10,14H,2H2,1H3,(H,21,22). The van der Waals surface area contributed by atoms with E-state index >= 15 is 0 Å². The van der Waals surface area contributed by atoms with Crippen molar-refractivity contribution in [3.8, 4) is 11.4 Å². The Morgan fingerprint density at radius 2 is 2.04 bits per heavy atom. The van der Waals surface area contributed by atoms with E-state index in [1.165, 1.54) is 12.1 Å². The van der Waals surface area contributed by atoms with Crippen molar-refractivity contribution in [2.24, 2.45) is 0 Å². The van der Waals surface area contributed by atoms with Gasteiger partial charge in [-0.15, -0.1) is 0 Å². The van der Waals surface area contributed by atoms with E-state index in [0.29, 0.717) is 17.3 Å². The highest BCUT2D eigenvalue weighted by Crippen LogP contribution is 2.28. The maximum Gasteiger partial charge on any atom is 0.335 e. The van der Waals surface area contributed by atoms with E-state index in [-0.39, 0.29) is 11.5 Å². The highest BCUT2D eigenvalue weighted by molar-refractivity contribution is 5.89. The van der Waals surface area contributed by atoms with Gasteiger partial charge in [-0.05, 0) is 36.2 Å². The summed E-state index contributed by atoms with van der Waals surface area (Å²) >= 11 is 0. The molecular formula is C17H15N3O3. The number of aromatic nitrogens is 3. The molecule has 1 unspecified atom stereocenters. The average molecular weight is 309 g/mol. The molecular weight excluding hydrogens is 294 g/mol. The lowest BCUT2D eigenvalue weighted by Gasteiger charge is -2.09. The molecule has 1 atom stereocenters. The van der Waals surface area contributed by atoms with Gasteiger partial charge in [0.25, 0.3) is 0 Å². The number of carbonyl (C=O) groups is 1. The van der Waals surface area contributed by atoms with Crippen molar-refractivity contribution in [2.75, 3.05) is 0 Å². The maximum absolute atomic E-state index is 11.1. The molecule has 0 saturated heterocycles. The first-order valence-electron chi connectivity index (χ1n) is 7.26. The van der Waals surface area contributed by atoms with Gasteiger partial charge in [0.1, 0.15) is 0 Å². The number of aromatic carboxylic acids is 1. The van der Waals surface area contributed by atoms with Crippen LogP contribution in [0.15, 0.2) is 53.3 Å². The van der Waals surface area contributed by atoms with Gasteiger partial charge in [0.2, 0.25) is 11.7 Å². The van der Waals surface area contributed by atoms with E-state index in [1.807, 2.05) is 19.1 Å². The van der Waals surface area contributed by atoms with Crippen molar-refractivity contribution < 1.29 is 14.4 Å². The predicted octanol–water partition coefficient (Wildman–Crippen LogP) is 3.37. The van der Waals surface area contributed by atoms with Crippen LogP contribution in [0.4, 0.5) is 0 Å². The Labute approximate surface area is 132 Å². The predicted molar refractivity (Wildman–Crippen MR) is 83.1 cm³/mol. The molecule has 3 rings (SSSR count). The Bertz CT molecular complexity index is 815. The van der Waals surface area contributed by atoms with Crippen LogP contribution >= 0.6 is 0 Å². The molecule has 0 spiro atoms. The molecule has 0 saturated carbocycles. The van der Waals surface area contributed by atoms with Crippen molar-refractivity contribution >= 4 is 5.97 Å². The summed E-state index contributed by atoms with van der Waals surface area (Å²) in [5.74, 6) is -0.106.